The van der Waals surface area contributed by atoms with Crippen LogP contribution in [0, 0.1) is 0 Å². The fourth-order valence-corrected chi connectivity index (χ4v) is 1.91. The lowest BCUT2D eigenvalue weighted by molar-refractivity contribution is 0.0834. The van der Waals surface area contributed by atoms with Crippen molar-refractivity contribution in [1.29, 1.82) is 0 Å². The highest BCUT2D eigenvalue weighted by atomic mass is 15.2. The van der Waals surface area contributed by atoms with Crippen molar-refractivity contribution in [2.24, 2.45) is 0 Å². The van der Waals surface area contributed by atoms with Gasteiger partial charge in [0, 0.05) is 5.54 Å². The van der Waals surface area contributed by atoms with Gasteiger partial charge < -0.3 is 0 Å². The van der Waals surface area contributed by atoms with E-state index in [9.17, 15) is 0 Å². The monoisotopic (exact) mass is 141 g/mol. The van der Waals surface area contributed by atoms with Crippen LogP contribution >= 0.6 is 0 Å². The van der Waals surface area contributed by atoms with Crippen molar-refractivity contribution in [3.05, 3.63) is 0 Å². The third-order valence-corrected chi connectivity index (χ3v) is 2.70. The highest BCUT2D eigenvalue weighted by Crippen LogP contribution is 2.26. The molecule has 0 amide bonds. The van der Waals surface area contributed by atoms with Gasteiger partial charge in [0.15, 0.2) is 0 Å². The third-order valence-electron chi connectivity index (χ3n) is 2.70. The molecule has 1 nitrogen and oxygen atoms in total. The standard InChI is InChI=1S/C9H19N/c1-4-10-8-6-5-7-9(10,2)3/h4-8H2,1-3H3. The summed E-state index contributed by atoms with van der Waals surface area (Å²) in [5.41, 5.74) is 0.479. The molecule has 0 aromatic rings. The van der Waals surface area contributed by atoms with Gasteiger partial charge in [0.1, 0.15) is 0 Å². The van der Waals surface area contributed by atoms with Gasteiger partial charge in [0.25, 0.3) is 0 Å². The minimum Gasteiger partial charge on any atom is -0.298 e. The first-order valence-electron chi connectivity index (χ1n) is 4.42. The molecule has 1 fully saturated rings. The van der Waals surface area contributed by atoms with E-state index in [1.54, 1.807) is 0 Å². The van der Waals surface area contributed by atoms with Crippen LogP contribution in [0.3, 0.4) is 0 Å². The zero-order chi connectivity index (χ0) is 7.61. The fourth-order valence-electron chi connectivity index (χ4n) is 1.91. The maximum atomic E-state index is 2.58. The largest absolute Gasteiger partial charge is 0.298 e. The molecule has 0 aliphatic carbocycles. The summed E-state index contributed by atoms with van der Waals surface area (Å²) in [5.74, 6) is 0. The lowest BCUT2D eigenvalue weighted by Gasteiger charge is -2.41. The van der Waals surface area contributed by atoms with Gasteiger partial charge in [0.05, 0.1) is 0 Å². The number of rotatable bonds is 1. The van der Waals surface area contributed by atoms with E-state index in [-0.39, 0.29) is 0 Å². The van der Waals surface area contributed by atoms with E-state index >= 15 is 0 Å². The van der Waals surface area contributed by atoms with Crippen LogP contribution in [0.25, 0.3) is 0 Å². The number of piperidine rings is 1. The molecule has 60 valence electrons. The number of likely N-dealkylation sites (tertiary alicyclic amines) is 1. The van der Waals surface area contributed by atoms with E-state index in [4.69, 9.17) is 0 Å². The molecule has 0 aromatic carbocycles. The molecule has 1 heterocycles. The molecule has 0 radical (unpaired) electrons. The minimum absolute atomic E-state index is 0.479. The Morgan fingerprint density at radius 2 is 2.00 bits per heavy atom. The summed E-state index contributed by atoms with van der Waals surface area (Å²) >= 11 is 0. The van der Waals surface area contributed by atoms with E-state index in [1.807, 2.05) is 0 Å². The van der Waals surface area contributed by atoms with Crippen LogP contribution in [0.5, 0.6) is 0 Å². The summed E-state index contributed by atoms with van der Waals surface area (Å²) in [5, 5.41) is 0. The Hall–Kier alpha value is -0.0400. The summed E-state index contributed by atoms with van der Waals surface area (Å²) in [7, 11) is 0. The quantitative estimate of drug-likeness (QED) is 0.541. The molecule has 1 aliphatic heterocycles. The van der Waals surface area contributed by atoms with Crippen molar-refractivity contribution >= 4 is 0 Å². The van der Waals surface area contributed by atoms with Gasteiger partial charge in [-0.15, -0.1) is 0 Å². The van der Waals surface area contributed by atoms with Crippen molar-refractivity contribution in [2.75, 3.05) is 13.1 Å². The molecule has 1 saturated heterocycles. The maximum Gasteiger partial charge on any atom is 0.0153 e. The average molecular weight is 141 g/mol. The second-order valence-corrected chi connectivity index (χ2v) is 3.85. The molecule has 1 rings (SSSR count). The van der Waals surface area contributed by atoms with Crippen LogP contribution < -0.4 is 0 Å². The maximum absolute atomic E-state index is 2.58. The Labute approximate surface area is 64.4 Å². The SMILES string of the molecule is CCN1CCCCC1(C)C. The highest BCUT2D eigenvalue weighted by Gasteiger charge is 2.27. The first-order valence-corrected chi connectivity index (χ1v) is 4.42. The zero-order valence-electron chi connectivity index (χ0n) is 7.48. The molecular formula is C9H19N. The topological polar surface area (TPSA) is 3.24 Å². The normalized spacial score (nSPS) is 26.7. The fraction of sp³-hybridized carbons (Fsp3) is 1.00. The van der Waals surface area contributed by atoms with Gasteiger partial charge in [-0.1, -0.05) is 13.3 Å². The molecular weight excluding hydrogens is 122 g/mol. The molecule has 0 saturated carbocycles. The molecule has 1 aliphatic rings. The van der Waals surface area contributed by atoms with Gasteiger partial charge in [-0.05, 0) is 39.8 Å². The molecule has 0 unspecified atom stereocenters. The average Bonchev–Trinajstić information content (AvgIpc) is 1.87. The summed E-state index contributed by atoms with van der Waals surface area (Å²) in [6.45, 7) is 9.49. The smallest absolute Gasteiger partial charge is 0.0153 e. The Morgan fingerprint density at radius 1 is 1.30 bits per heavy atom. The van der Waals surface area contributed by atoms with Crippen molar-refractivity contribution < 1.29 is 0 Å². The molecule has 0 aromatic heterocycles. The van der Waals surface area contributed by atoms with E-state index in [0.717, 1.165) is 0 Å². The predicted molar refractivity (Wildman–Crippen MR) is 45.2 cm³/mol. The van der Waals surface area contributed by atoms with Crippen molar-refractivity contribution in [2.45, 2.75) is 45.6 Å². The van der Waals surface area contributed by atoms with Gasteiger partial charge in [-0.25, -0.2) is 0 Å². The third kappa shape index (κ3) is 1.51. The van der Waals surface area contributed by atoms with Crippen LogP contribution in [0.4, 0.5) is 0 Å². The van der Waals surface area contributed by atoms with Crippen LogP contribution in [0.1, 0.15) is 40.0 Å². The van der Waals surface area contributed by atoms with Gasteiger partial charge >= 0.3 is 0 Å². The number of hydrogen-bond acceptors (Lipinski definition) is 1. The molecule has 0 atom stereocenters. The van der Waals surface area contributed by atoms with E-state index in [2.05, 4.69) is 25.7 Å². The number of nitrogens with zero attached hydrogens (tertiary/aromatic N) is 1. The molecule has 0 spiro atoms. The van der Waals surface area contributed by atoms with Crippen molar-refractivity contribution in [1.82, 2.24) is 4.90 Å². The Morgan fingerprint density at radius 3 is 2.40 bits per heavy atom. The lowest BCUT2D eigenvalue weighted by atomic mass is 9.91. The summed E-state index contributed by atoms with van der Waals surface area (Å²) in [4.78, 5) is 2.58. The lowest BCUT2D eigenvalue weighted by Crippen LogP contribution is -2.46. The Balaban J connectivity index is 2.51. The van der Waals surface area contributed by atoms with E-state index in [1.165, 1.54) is 32.4 Å². The van der Waals surface area contributed by atoms with E-state index < -0.39 is 0 Å². The van der Waals surface area contributed by atoms with Crippen molar-refractivity contribution in [3.63, 3.8) is 0 Å². The minimum atomic E-state index is 0.479. The van der Waals surface area contributed by atoms with E-state index in [0.29, 0.717) is 5.54 Å². The zero-order valence-corrected chi connectivity index (χ0v) is 7.48. The van der Waals surface area contributed by atoms with Crippen LogP contribution in [0.2, 0.25) is 0 Å². The van der Waals surface area contributed by atoms with Crippen LogP contribution in [-0.4, -0.2) is 23.5 Å². The molecule has 1 heteroatoms. The highest BCUT2D eigenvalue weighted by molar-refractivity contribution is 4.84. The predicted octanol–water partition coefficient (Wildman–Crippen LogP) is 2.27. The van der Waals surface area contributed by atoms with Crippen LogP contribution in [0.15, 0.2) is 0 Å². The second-order valence-electron chi connectivity index (χ2n) is 3.85. The number of hydrogen-bond donors (Lipinski definition) is 0. The molecule has 0 bridgehead atoms. The first-order chi connectivity index (χ1) is 4.67. The van der Waals surface area contributed by atoms with Crippen molar-refractivity contribution in [3.8, 4) is 0 Å². The van der Waals surface area contributed by atoms with Gasteiger partial charge in [0.2, 0.25) is 0 Å². The van der Waals surface area contributed by atoms with Crippen LogP contribution in [-0.2, 0) is 0 Å². The summed E-state index contributed by atoms with van der Waals surface area (Å²) < 4.78 is 0. The Kier molecular flexibility index (Phi) is 2.35. The van der Waals surface area contributed by atoms with Gasteiger partial charge in [-0.2, -0.15) is 0 Å². The van der Waals surface area contributed by atoms with Gasteiger partial charge in [-0.3, -0.25) is 4.90 Å². The molecule has 0 N–H and O–H groups in total. The summed E-state index contributed by atoms with van der Waals surface area (Å²) in [6, 6.07) is 0. The second kappa shape index (κ2) is 2.91. The Bertz CT molecular complexity index is 107. The molecule has 10 heavy (non-hydrogen) atoms. The summed E-state index contributed by atoms with van der Waals surface area (Å²) in [6.07, 6.45) is 4.20. The first kappa shape index (κ1) is 8.06.